The molecule has 0 heterocycles. The summed E-state index contributed by atoms with van der Waals surface area (Å²) in [5, 5.41) is 4.03. The summed E-state index contributed by atoms with van der Waals surface area (Å²) in [5.41, 5.74) is 0.765. The lowest BCUT2D eigenvalue weighted by molar-refractivity contribution is -0.118. The number of halogens is 3. The number of hydrogen-bond donors (Lipinski definition) is 1. The van der Waals surface area contributed by atoms with Gasteiger partial charge in [-0.3, -0.25) is 4.79 Å². The predicted molar refractivity (Wildman–Crippen MR) is 69.2 cm³/mol. The van der Waals surface area contributed by atoms with E-state index in [1.807, 2.05) is 0 Å². The molecule has 16 heavy (non-hydrogen) atoms. The summed E-state index contributed by atoms with van der Waals surface area (Å²) in [6.07, 6.45) is 3.56. The molecule has 1 rings (SSSR count). The molecule has 0 radical (unpaired) electrons. The summed E-state index contributed by atoms with van der Waals surface area (Å²) in [6, 6.07) is 3.26. The van der Waals surface area contributed by atoms with Crippen molar-refractivity contribution in [3.63, 3.8) is 0 Å². The summed E-state index contributed by atoms with van der Waals surface area (Å²) < 4.78 is 0. The lowest BCUT2D eigenvalue weighted by Gasteiger charge is -2.02. The molecule has 0 spiro atoms. The Labute approximate surface area is 109 Å². The number of nitrogens with one attached hydrogen (secondary N) is 1. The zero-order valence-corrected chi connectivity index (χ0v) is 10.8. The van der Waals surface area contributed by atoms with Crippen molar-refractivity contribution in [2.24, 2.45) is 0 Å². The maximum absolute atomic E-state index is 10.6. The van der Waals surface area contributed by atoms with Gasteiger partial charge in [-0.05, 0) is 17.7 Å². The molecule has 0 atom stereocenters. The third-order valence-corrected chi connectivity index (χ3v) is 2.86. The maximum Gasteiger partial charge on any atom is 0.217 e. The fourth-order valence-corrected chi connectivity index (χ4v) is 1.67. The number of rotatable bonds is 3. The van der Waals surface area contributed by atoms with Crippen LogP contribution >= 0.6 is 34.8 Å². The first-order valence-corrected chi connectivity index (χ1v) is 5.69. The number of carbonyl (C=O) groups excluding carboxylic acids is 1. The molecule has 0 aliphatic carbocycles. The van der Waals surface area contributed by atoms with Gasteiger partial charge in [0.25, 0.3) is 0 Å². The Bertz CT molecular complexity index is 429. The van der Waals surface area contributed by atoms with Crippen LogP contribution in [0.4, 0.5) is 0 Å². The Kier molecular flexibility index (Phi) is 5.13. The maximum atomic E-state index is 10.6. The van der Waals surface area contributed by atoms with Gasteiger partial charge in [0.1, 0.15) is 0 Å². The van der Waals surface area contributed by atoms with Gasteiger partial charge in [-0.1, -0.05) is 47.0 Å². The highest BCUT2D eigenvalue weighted by Gasteiger charge is 2.02. The molecule has 0 unspecified atom stereocenters. The molecule has 1 aromatic rings. The van der Waals surface area contributed by atoms with Crippen molar-refractivity contribution in [2.45, 2.75) is 6.92 Å². The number of carbonyl (C=O) groups is 1. The quantitative estimate of drug-likeness (QED) is 0.837. The van der Waals surface area contributed by atoms with Crippen LogP contribution in [0.2, 0.25) is 15.1 Å². The second kappa shape index (κ2) is 6.14. The van der Waals surface area contributed by atoms with Crippen LogP contribution in [-0.2, 0) is 4.79 Å². The third-order valence-electron chi connectivity index (χ3n) is 1.81. The molecule has 0 aliphatic rings. The molecule has 0 saturated carbocycles. The first-order valence-electron chi connectivity index (χ1n) is 4.56. The predicted octanol–water partition coefficient (Wildman–Crippen LogP) is 3.80. The Morgan fingerprint density at radius 1 is 1.25 bits per heavy atom. The van der Waals surface area contributed by atoms with Gasteiger partial charge in [0, 0.05) is 18.5 Å². The first kappa shape index (κ1) is 13.4. The summed E-state index contributed by atoms with van der Waals surface area (Å²) in [4.78, 5) is 10.6. The highest BCUT2D eigenvalue weighted by atomic mass is 35.5. The van der Waals surface area contributed by atoms with Crippen LogP contribution in [0, 0.1) is 0 Å². The average molecular weight is 279 g/mol. The molecule has 0 aliphatic heterocycles. The van der Waals surface area contributed by atoms with E-state index in [0.717, 1.165) is 5.56 Å². The summed E-state index contributed by atoms with van der Waals surface area (Å²) in [6.45, 7) is 1.91. The Balaban J connectivity index is 2.73. The molecule has 0 bridgehead atoms. The van der Waals surface area contributed by atoms with Gasteiger partial charge in [0.15, 0.2) is 0 Å². The highest BCUT2D eigenvalue weighted by Crippen LogP contribution is 2.29. The van der Waals surface area contributed by atoms with E-state index in [2.05, 4.69) is 5.32 Å². The number of amides is 1. The molecule has 86 valence electrons. The SMILES string of the molecule is CC(=O)NCC=Cc1cc(Cl)c(Cl)cc1Cl. The third kappa shape index (κ3) is 4.05. The Hall–Kier alpha value is -0.700. The molecule has 1 amide bonds. The van der Waals surface area contributed by atoms with Crippen molar-refractivity contribution < 1.29 is 4.79 Å². The van der Waals surface area contributed by atoms with E-state index in [9.17, 15) is 4.79 Å². The zero-order chi connectivity index (χ0) is 12.1. The Morgan fingerprint density at radius 3 is 2.50 bits per heavy atom. The van der Waals surface area contributed by atoms with Gasteiger partial charge in [-0.15, -0.1) is 0 Å². The number of hydrogen-bond acceptors (Lipinski definition) is 1. The molecule has 0 aromatic heterocycles. The lowest BCUT2D eigenvalue weighted by Crippen LogP contribution is -2.19. The van der Waals surface area contributed by atoms with Crippen LogP contribution in [0.5, 0.6) is 0 Å². The minimum absolute atomic E-state index is 0.0788. The summed E-state index contributed by atoms with van der Waals surface area (Å²) >= 11 is 17.6. The van der Waals surface area contributed by atoms with Crippen molar-refractivity contribution in [2.75, 3.05) is 6.54 Å². The van der Waals surface area contributed by atoms with E-state index in [1.54, 1.807) is 24.3 Å². The van der Waals surface area contributed by atoms with Crippen LogP contribution in [0.15, 0.2) is 18.2 Å². The van der Waals surface area contributed by atoms with Gasteiger partial charge in [0.2, 0.25) is 5.91 Å². The summed E-state index contributed by atoms with van der Waals surface area (Å²) in [5.74, 6) is -0.0788. The fraction of sp³-hybridized carbons (Fsp3) is 0.182. The van der Waals surface area contributed by atoms with Gasteiger partial charge < -0.3 is 5.32 Å². The highest BCUT2D eigenvalue weighted by molar-refractivity contribution is 6.43. The van der Waals surface area contributed by atoms with E-state index in [-0.39, 0.29) is 5.91 Å². The lowest BCUT2D eigenvalue weighted by atomic mass is 10.2. The van der Waals surface area contributed by atoms with E-state index in [4.69, 9.17) is 34.8 Å². The normalized spacial score (nSPS) is 10.8. The molecule has 1 aromatic carbocycles. The topological polar surface area (TPSA) is 29.1 Å². The molecular weight excluding hydrogens is 268 g/mol. The largest absolute Gasteiger partial charge is 0.353 e. The molecule has 0 saturated heterocycles. The molecular formula is C11H10Cl3NO. The van der Waals surface area contributed by atoms with E-state index < -0.39 is 0 Å². The van der Waals surface area contributed by atoms with Crippen molar-refractivity contribution in [3.05, 3.63) is 38.8 Å². The summed E-state index contributed by atoms with van der Waals surface area (Å²) in [7, 11) is 0. The number of benzene rings is 1. The molecule has 0 fully saturated rings. The van der Waals surface area contributed by atoms with Gasteiger partial charge in [0.05, 0.1) is 10.0 Å². The zero-order valence-electron chi connectivity index (χ0n) is 8.56. The van der Waals surface area contributed by atoms with Crippen molar-refractivity contribution in [3.8, 4) is 0 Å². The van der Waals surface area contributed by atoms with Crippen molar-refractivity contribution in [1.29, 1.82) is 0 Å². The van der Waals surface area contributed by atoms with Gasteiger partial charge >= 0.3 is 0 Å². The molecule has 5 heteroatoms. The molecule has 1 N–H and O–H groups in total. The van der Waals surface area contributed by atoms with E-state index in [1.165, 1.54) is 6.92 Å². The van der Waals surface area contributed by atoms with Crippen LogP contribution in [0.25, 0.3) is 6.08 Å². The minimum Gasteiger partial charge on any atom is -0.353 e. The van der Waals surface area contributed by atoms with Crippen LogP contribution in [0.1, 0.15) is 12.5 Å². The Morgan fingerprint density at radius 2 is 1.88 bits per heavy atom. The van der Waals surface area contributed by atoms with E-state index >= 15 is 0 Å². The van der Waals surface area contributed by atoms with Crippen molar-refractivity contribution >= 4 is 46.8 Å². The smallest absolute Gasteiger partial charge is 0.217 e. The fourth-order valence-electron chi connectivity index (χ4n) is 1.05. The first-order chi connectivity index (χ1) is 7.50. The average Bonchev–Trinajstić information content (AvgIpc) is 2.19. The van der Waals surface area contributed by atoms with Gasteiger partial charge in [-0.2, -0.15) is 0 Å². The van der Waals surface area contributed by atoms with Gasteiger partial charge in [-0.25, -0.2) is 0 Å². The van der Waals surface area contributed by atoms with Crippen LogP contribution < -0.4 is 5.32 Å². The standard InChI is InChI=1S/C11H10Cl3NO/c1-7(16)15-4-2-3-8-5-10(13)11(14)6-9(8)12/h2-3,5-6H,4H2,1H3,(H,15,16). The van der Waals surface area contributed by atoms with Crippen molar-refractivity contribution in [1.82, 2.24) is 5.32 Å². The monoisotopic (exact) mass is 277 g/mol. The van der Waals surface area contributed by atoms with E-state index in [0.29, 0.717) is 21.6 Å². The molecule has 2 nitrogen and oxygen atoms in total. The minimum atomic E-state index is -0.0788. The van der Waals surface area contributed by atoms with Crippen LogP contribution in [-0.4, -0.2) is 12.5 Å². The second-order valence-electron chi connectivity index (χ2n) is 3.13. The second-order valence-corrected chi connectivity index (χ2v) is 4.35. The van der Waals surface area contributed by atoms with Crippen LogP contribution in [0.3, 0.4) is 0 Å².